The van der Waals surface area contributed by atoms with Gasteiger partial charge in [0.25, 0.3) is 5.91 Å². The van der Waals surface area contributed by atoms with Crippen LogP contribution in [0.25, 0.3) is 0 Å². The van der Waals surface area contributed by atoms with Crippen molar-refractivity contribution in [2.45, 2.75) is 6.92 Å². The number of hydrazone groups is 1. The Hall–Kier alpha value is -2.89. The third-order valence-corrected chi connectivity index (χ3v) is 2.37. The van der Waals surface area contributed by atoms with E-state index in [-0.39, 0.29) is 11.8 Å². The number of nitrogens with zero attached hydrogens (tertiary/aromatic N) is 1. The van der Waals surface area contributed by atoms with Crippen LogP contribution < -0.4 is 10.7 Å². The van der Waals surface area contributed by atoms with Crippen molar-refractivity contribution in [2.75, 3.05) is 5.32 Å². The van der Waals surface area contributed by atoms with E-state index in [4.69, 9.17) is 4.42 Å². The number of hydrogen-bond donors (Lipinski definition) is 2. The van der Waals surface area contributed by atoms with Crippen LogP contribution in [0.3, 0.4) is 0 Å². The number of carbonyl (C=O) groups is 2. The van der Waals surface area contributed by atoms with Crippen molar-refractivity contribution in [1.82, 2.24) is 5.43 Å². The fourth-order valence-electron chi connectivity index (χ4n) is 1.49. The van der Waals surface area contributed by atoms with Gasteiger partial charge < -0.3 is 9.73 Å². The lowest BCUT2D eigenvalue weighted by molar-refractivity contribution is -0.114. The van der Waals surface area contributed by atoms with Crippen LogP contribution >= 0.6 is 0 Å². The van der Waals surface area contributed by atoms with Crippen LogP contribution in [-0.4, -0.2) is 18.0 Å². The lowest BCUT2D eigenvalue weighted by Gasteiger charge is -2.03. The molecule has 0 atom stereocenters. The van der Waals surface area contributed by atoms with E-state index in [9.17, 15) is 9.59 Å². The molecular weight excluding hydrogens is 258 g/mol. The number of rotatable bonds is 4. The molecule has 20 heavy (non-hydrogen) atoms. The van der Waals surface area contributed by atoms with Gasteiger partial charge in [-0.3, -0.25) is 9.59 Å². The van der Waals surface area contributed by atoms with Gasteiger partial charge in [-0.25, -0.2) is 5.43 Å². The minimum absolute atomic E-state index is 0.162. The molecule has 0 aliphatic rings. The summed E-state index contributed by atoms with van der Waals surface area (Å²) in [5.41, 5.74) is 3.45. The van der Waals surface area contributed by atoms with E-state index in [1.165, 1.54) is 19.4 Å². The zero-order valence-electron chi connectivity index (χ0n) is 10.8. The van der Waals surface area contributed by atoms with E-state index in [1.54, 1.807) is 36.4 Å². The molecule has 1 aromatic carbocycles. The maximum atomic E-state index is 11.8. The molecule has 0 fully saturated rings. The summed E-state index contributed by atoms with van der Waals surface area (Å²) >= 11 is 0. The van der Waals surface area contributed by atoms with Gasteiger partial charge in [-0.2, -0.15) is 5.10 Å². The maximum Gasteiger partial charge on any atom is 0.271 e. The van der Waals surface area contributed by atoms with E-state index in [0.717, 1.165) is 0 Å². The molecule has 6 heteroatoms. The van der Waals surface area contributed by atoms with Crippen LogP contribution in [0.4, 0.5) is 5.69 Å². The van der Waals surface area contributed by atoms with Gasteiger partial charge in [-0.05, 0) is 36.4 Å². The third kappa shape index (κ3) is 3.81. The molecule has 1 heterocycles. The van der Waals surface area contributed by atoms with Gasteiger partial charge in [0, 0.05) is 18.2 Å². The van der Waals surface area contributed by atoms with Gasteiger partial charge in [0.2, 0.25) is 5.91 Å². The van der Waals surface area contributed by atoms with Crippen molar-refractivity contribution in [3.05, 3.63) is 54.0 Å². The predicted molar refractivity (Wildman–Crippen MR) is 74.5 cm³/mol. The Morgan fingerprint density at radius 1 is 1.20 bits per heavy atom. The first-order valence-corrected chi connectivity index (χ1v) is 5.90. The lowest BCUT2D eigenvalue weighted by atomic mass is 10.2. The minimum atomic E-state index is -0.345. The largest absolute Gasteiger partial charge is 0.463 e. The molecule has 1 aromatic heterocycles. The molecule has 0 bridgehead atoms. The molecule has 2 aromatic rings. The van der Waals surface area contributed by atoms with Gasteiger partial charge in [-0.1, -0.05) is 0 Å². The molecule has 0 saturated carbocycles. The van der Waals surface area contributed by atoms with E-state index >= 15 is 0 Å². The van der Waals surface area contributed by atoms with Crippen molar-refractivity contribution >= 4 is 23.7 Å². The summed E-state index contributed by atoms with van der Waals surface area (Å²) in [6.07, 6.45) is 2.92. The van der Waals surface area contributed by atoms with E-state index < -0.39 is 0 Å². The highest BCUT2D eigenvalue weighted by atomic mass is 16.3. The first-order chi connectivity index (χ1) is 9.65. The van der Waals surface area contributed by atoms with Crippen LogP contribution in [-0.2, 0) is 4.79 Å². The standard InChI is InChI=1S/C14H13N3O3/c1-10(18)16-12-6-4-11(5-7-12)14(19)17-15-9-13-3-2-8-20-13/h2-9H,1H3,(H,16,18)(H,17,19). The van der Waals surface area contributed by atoms with Crippen LogP contribution in [0.2, 0.25) is 0 Å². The summed E-state index contributed by atoms with van der Waals surface area (Å²) in [5, 5.41) is 6.39. The van der Waals surface area contributed by atoms with Gasteiger partial charge in [0.15, 0.2) is 0 Å². The van der Waals surface area contributed by atoms with Gasteiger partial charge in [-0.15, -0.1) is 0 Å². The zero-order valence-corrected chi connectivity index (χ0v) is 10.8. The van der Waals surface area contributed by atoms with Crippen molar-refractivity contribution in [2.24, 2.45) is 5.10 Å². The first kappa shape index (κ1) is 13.5. The number of benzene rings is 1. The van der Waals surface area contributed by atoms with Gasteiger partial charge >= 0.3 is 0 Å². The second-order valence-electron chi connectivity index (χ2n) is 3.97. The Morgan fingerprint density at radius 3 is 2.55 bits per heavy atom. The molecule has 0 aliphatic carbocycles. The molecule has 2 rings (SSSR count). The summed E-state index contributed by atoms with van der Waals surface area (Å²) in [4.78, 5) is 22.6. The Balaban J connectivity index is 1.93. The molecule has 0 aliphatic heterocycles. The predicted octanol–water partition coefficient (Wildman–Crippen LogP) is 2.00. The highest BCUT2D eigenvalue weighted by molar-refractivity contribution is 5.95. The van der Waals surface area contributed by atoms with E-state index in [1.807, 2.05) is 0 Å². The maximum absolute atomic E-state index is 11.8. The van der Waals surface area contributed by atoms with E-state index in [0.29, 0.717) is 17.0 Å². The monoisotopic (exact) mass is 271 g/mol. The Bertz CT molecular complexity index is 616. The quantitative estimate of drug-likeness (QED) is 0.659. The highest BCUT2D eigenvalue weighted by Gasteiger charge is 2.04. The van der Waals surface area contributed by atoms with Gasteiger partial charge in [0.1, 0.15) is 5.76 Å². The molecule has 102 valence electrons. The van der Waals surface area contributed by atoms with Crippen LogP contribution in [0.1, 0.15) is 23.0 Å². The fourth-order valence-corrected chi connectivity index (χ4v) is 1.49. The summed E-state index contributed by atoms with van der Waals surface area (Å²) in [6.45, 7) is 1.42. The fraction of sp³-hybridized carbons (Fsp3) is 0.0714. The first-order valence-electron chi connectivity index (χ1n) is 5.90. The highest BCUT2D eigenvalue weighted by Crippen LogP contribution is 2.09. The molecule has 6 nitrogen and oxygen atoms in total. The molecule has 2 amide bonds. The smallest absolute Gasteiger partial charge is 0.271 e. The SMILES string of the molecule is CC(=O)Nc1ccc(C(=O)NN=Cc2ccco2)cc1. The topological polar surface area (TPSA) is 83.7 Å². The number of furan rings is 1. The number of anilines is 1. The molecule has 0 unspecified atom stereocenters. The number of hydrogen-bond acceptors (Lipinski definition) is 4. The Kier molecular flexibility index (Phi) is 4.28. The summed E-state index contributed by atoms with van der Waals surface area (Å²) in [5.74, 6) is 0.0405. The summed E-state index contributed by atoms with van der Waals surface area (Å²) in [7, 11) is 0. The summed E-state index contributed by atoms with van der Waals surface area (Å²) in [6, 6.07) is 9.94. The normalized spacial score (nSPS) is 10.4. The molecular formula is C14H13N3O3. The number of nitrogens with one attached hydrogen (secondary N) is 2. The second kappa shape index (κ2) is 6.33. The second-order valence-corrected chi connectivity index (χ2v) is 3.97. The lowest BCUT2D eigenvalue weighted by Crippen LogP contribution is -2.17. The van der Waals surface area contributed by atoms with Crippen molar-refractivity contribution in [1.29, 1.82) is 0 Å². The molecule has 0 spiro atoms. The van der Waals surface area contributed by atoms with Crippen LogP contribution in [0, 0.1) is 0 Å². The van der Waals surface area contributed by atoms with Crippen molar-refractivity contribution in [3.8, 4) is 0 Å². The number of amides is 2. The summed E-state index contributed by atoms with van der Waals surface area (Å²) < 4.78 is 5.03. The molecule has 2 N–H and O–H groups in total. The average Bonchev–Trinajstić information content (AvgIpc) is 2.92. The minimum Gasteiger partial charge on any atom is -0.463 e. The molecule has 0 saturated heterocycles. The number of carbonyl (C=O) groups excluding carboxylic acids is 2. The van der Waals surface area contributed by atoms with E-state index in [2.05, 4.69) is 15.8 Å². The average molecular weight is 271 g/mol. The third-order valence-electron chi connectivity index (χ3n) is 2.37. The Morgan fingerprint density at radius 2 is 1.95 bits per heavy atom. The molecule has 0 radical (unpaired) electrons. The van der Waals surface area contributed by atoms with Crippen LogP contribution in [0.5, 0.6) is 0 Å². The van der Waals surface area contributed by atoms with Crippen molar-refractivity contribution in [3.63, 3.8) is 0 Å². The zero-order chi connectivity index (χ0) is 14.4. The van der Waals surface area contributed by atoms with Crippen LogP contribution in [0.15, 0.2) is 52.2 Å². The Labute approximate surface area is 115 Å². The van der Waals surface area contributed by atoms with Crippen molar-refractivity contribution < 1.29 is 14.0 Å². The van der Waals surface area contributed by atoms with Gasteiger partial charge in [0.05, 0.1) is 12.5 Å².